The van der Waals surface area contributed by atoms with Crippen molar-refractivity contribution in [2.75, 3.05) is 13.2 Å². The molecule has 0 saturated carbocycles. The second-order valence-corrected chi connectivity index (χ2v) is 8.47. The van der Waals surface area contributed by atoms with Gasteiger partial charge in [-0.1, -0.05) is 50.1 Å². The van der Waals surface area contributed by atoms with E-state index in [2.05, 4.69) is 18.0 Å². The van der Waals surface area contributed by atoms with Crippen molar-refractivity contribution in [2.45, 2.75) is 58.9 Å². The third kappa shape index (κ3) is 6.94. The largest absolute Gasteiger partial charge is 0.493 e. The Balaban J connectivity index is 1.67. The maximum Gasteiger partial charge on any atom is 0.331 e. The van der Waals surface area contributed by atoms with Gasteiger partial charge in [0.15, 0.2) is 6.04 Å². The van der Waals surface area contributed by atoms with Crippen LogP contribution in [-0.2, 0) is 22.4 Å². The van der Waals surface area contributed by atoms with Crippen molar-refractivity contribution in [3.63, 3.8) is 0 Å². The van der Waals surface area contributed by atoms with Gasteiger partial charge in [-0.3, -0.25) is 4.79 Å². The van der Waals surface area contributed by atoms with Gasteiger partial charge in [0.1, 0.15) is 11.5 Å². The van der Waals surface area contributed by atoms with Crippen LogP contribution in [0.4, 0.5) is 0 Å². The third-order valence-corrected chi connectivity index (χ3v) is 5.91. The van der Waals surface area contributed by atoms with Crippen LogP contribution in [0.2, 0.25) is 0 Å². The molecule has 1 aromatic carbocycles. The van der Waals surface area contributed by atoms with Crippen molar-refractivity contribution in [3.05, 3.63) is 77.1 Å². The van der Waals surface area contributed by atoms with Crippen LogP contribution in [0.25, 0.3) is 6.08 Å². The van der Waals surface area contributed by atoms with Gasteiger partial charge in [0, 0.05) is 19.0 Å². The summed E-state index contributed by atoms with van der Waals surface area (Å²) in [5.74, 6) is 0.539. The molecule has 0 radical (unpaired) electrons. The molecule has 1 atom stereocenters. The van der Waals surface area contributed by atoms with E-state index < -0.39 is 12.0 Å². The van der Waals surface area contributed by atoms with Crippen LogP contribution in [0.1, 0.15) is 67.6 Å². The van der Waals surface area contributed by atoms with Crippen LogP contribution < -0.4 is 4.74 Å². The highest BCUT2D eigenvalue weighted by atomic mass is 16.5. The van der Waals surface area contributed by atoms with Gasteiger partial charge in [0.25, 0.3) is 0 Å². The van der Waals surface area contributed by atoms with Crippen molar-refractivity contribution in [3.8, 4) is 5.75 Å². The number of nitrogens with zero attached hydrogens (tertiary/aromatic N) is 2. The summed E-state index contributed by atoms with van der Waals surface area (Å²) in [5, 5.41) is 9.92. The van der Waals surface area contributed by atoms with E-state index in [9.17, 15) is 14.7 Å². The lowest BCUT2D eigenvalue weighted by atomic mass is 9.92. The van der Waals surface area contributed by atoms with Crippen LogP contribution in [0.3, 0.4) is 0 Å². The lowest BCUT2D eigenvalue weighted by Crippen LogP contribution is -2.42. The van der Waals surface area contributed by atoms with E-state index in [1.54, 1.807) is 24.3 Å². The van der Waals surface area contributed by atoms with Gasteiger partial charge >= 0.3 is 5.97 Å². The maximum absolute atomic E-state index is 12.6. The number of rotatable bonds is 11. The number of amides is 1. The molecule has 1 aliphatic rings. The zero-order valence-corrected chi connectivity index (χ0v) is 20.7. The number of carbonyl (C=O) groups excluding carboxylic acids is 1. The van der Waals surface area contributed by atoms with E-state index in [0.717, 1.165) is 36.3 Å². The van der Waals surface area contributed by atoms with E-state index in [1.165, 1.54) is 11.0 Å². The van der Waals surface area contributed by atoms with Gasteiger partial charge in [0.2, 0.25) is 11.8 Å². The third-order valence-electron chi connectivity index (χ3n) is 5.91. The number of oxazole rings is 1. The lowest BCUT2D eigenvalue weighted by molar-refractivity contribution is -0.149. The number of aromatic nitrogens is 1. The Bertz CT molecular complexity index is 1110. The number of carbonyl (C=O) groups is 2. The number of carboxylic acid groups (broad SMARTS) is 1. The number of benzene rings is 1. The Morgan fingerprint density at radius 3 is 2.89 bits per heavy atom. The molecule has 0 bridgehead atoms. The van der Waals surface area contributed by atoms with Crippen molar-refractivity contribution in [1.29, 1.82) is 0 Å². The molecular weight excluding hydrogens is 444 g/mol. The number of carboxylic acids is 1. The zero-order chi connectivity index (χ0) is 25.2. The number of fused-ring (bicyclic) bond motifs is 1. The molecule has 7 nitrogen and oxygen atoms in total. The Labute approximate surface area is 206 Å². The molecule has 186 valence electrons. The molecule has 3 rings (SSSR count). The first-order valence-corrected chi connectivity index (χ1v) is 12.2. The molecule has 2 heterocycles. The van der Waals surface area contributed by atoms with E-state index in [1.807, 2.05) is 32.1 Å². The normalized spacial score (nSPS) is 15.9. The number of hydrogen-bond acceptors (Lipinski definition) is 5. The van der Waals surface area contributed by atoms with Gasteiger partial charge in [-0.15, -0.1) is 0 Å². The van der Waals surface area contributed by atoms with Crippen LogP contribution in [0, 0.1) is 6.92 Å². The summed E-state index contributed by atoms with van der Waals surface area (Å²) < 4.78 is 11.7. The molecule has 1 unspecified atom stereocenters. The van der Waals surface area contributed by atoms with Crippen molar-refractivity contribution in [1.82, 2.24) is 9.88 Å². The fourth-order valence-electron chi connectivity index (χ4n) is 4.06. The smallest absolute Gasteiger partial charge is 0.331 e. The fraction of sp³-hybridized carbons (Fsp3) is 0.393. The van der Waals surface area contributed by atoms with Crippen LogP contribution in [0.5, 0.6) is 5.75 Å². The Hall–Kier alpha value is -3.61. The summed E-state index contributed by atoms with van der Waals surface area (Å²) in [7, 11) is 0. The van der Waals surface area contributed by atoms with Gasteiger partial charge in [0.05, 0.1) is 12.3 Å². The number of unbranched alkanes of at least 4 members (excludes halogenated alkanes) is 2. The Kier molecular flexibility index (Phi) is 9.47. The minimum atomic E-state index is -1.06. The summed E-state index contributed by atoms with van der Waals surface area (Å²) in [5.41, 5.74) is 2.34. The molecule has 1 amide bonds. The SMILES string of the molecule is CC=CC=CC(=O)N1CCc2ccc(OCCc3nc(C=CCCCC)oc3C)cc2C1C(=O)O. The summed E-state index contributed by atoms with van der Waals surface area (Å²) >= 11 is 0. The van der Waals surface area contributed by atoms with Crippen molar-refractivity contribution < 1.29 is 23.8 Å². The molecular formula is C28H34N2O5. The predicted octanol–water partition coefficient (Wildman–Crippen LogP) is 5.45. The second kappa shape index (κ2) is 12.7. The van der Waals surface area contributed by atoms with Crippen LogP contribution in [0.15, 0.2) is 53.0 Å². The molecule has 1 N–H and O–H groups in total. The first-order valence-electron chi connectivity index (χ1n) is 12.2. The van der Waals surface area contributed by atoms with Gasteiger partial charge in [-0.05, 0) is 56.0 Å². The highest BCUT2D eigenvalue weighted by molar-refractivity contribution is 5.92. The highest BCUT2D eigenvalue weighted by Gasteiger charge is 2.35. The molecule has 0 spiro atoms. The number of allylic oxidation sites excluding steroid dienone is 4. The second-order valence-electron chi connectivity index (χ2n) is 8.47. The van der Waals surface area contributed by atoms with E-state index in [4.69, 9.17) is 9.15 Å². The summed E-state index contributed by atoms with van der Waals surface area (Å²) in [6.45, 7) is 6.62. The molecule has 0 fully saturated rings. The van der Waals surface area contributed by atoms with E-state index in [0.29, 0.717) is 43.2 Å². The molecule has 35 heavy (non-hydrogen) atoms. The minimum absolute atomic E-state index is 0.325. The highest BCUT2D eigenvalue weighted by Crippen LogP contribution is 2.33. The average Bonchev–Trinajstić information content (AvgIpc) is 3.20. The fourth-order valence-corrected chi connectivity index (χ4v) is 4.06. The topological polar surface area (TPSA) is 92.9 Å². The first-order chi connectivity index (χ1) is 16.9. The summed E-state index contributed by atoms with van der Waals surface area (Å²) in [6.07, 6.45) is 15.0. The van der Waals surface area contributed by atoms with Crippen molar-refractivity contribution in [2.24, 2.45) is 0 Å². The van der Waals surface area contributed by atoms with Gasteiger partial charge in [-0.25, -0.2) is 9.78 Å². The summed E-state index contributed by atoms with van der Waals surface area (Å²) in [6, 6.07) is 4.42. The summed E-state index contributed by atoms with van der Waals surface area (Å²) in [4.78, 5) is 30.7. The standard InChI is InChI=1S/C28H34N2O5/c1-4-6-8-10-11-25-29-24(20(3)35-25)16-18-34-22-14-13-21-15-17-30(26(31)12-9-7-5-2)27(28(32)33)23(21)19-22/h5,7,9-14,19,27H,4,6,8,15-18H2,1-3H3,(H,32,33). The van der Waals surface area contributed by atoms with Gasteiger partial charge in [-0.2, -0.15) is 0 Å². The van der Waals surface area contributed by atoms with E-state index in [-0.39, 0.29) is 5.91 Å². The molecule has 2 aromatic rings. The molecule has 1 aliphatic heterocycles. The lowest BCUT2D eigenvalue weighted by Gasteiger charge is -2.34. The average molecular weight is 479 g/mol. The zero-order valence-electron chi connectivity index (χ0n) is 20.7. The van der Waals surface area contributed by atoms with Crippen LogP contribution in [-0.4, -0.2) is 40.0 Å². The van der Waals surface area contributed by atoms with Gasteiger partial charge < -0.3 is 19.2 Å². The Morgan fingerprint density at radius 2 is 2.14 bits per heavy atom. The molecule has 7 heteroatoms. The number of aliphatic carboxylic acids is 1. The molecule has 0 saturated heterocycles. The Morgan fingerprint density at radius 1 is 1.31 bits per heavy atom. The number of aryl methyl sites for hydroxylation is 1. The number of ether oxygens (including phenoxy) is 1. The quantitative estimate of drug-likeness (QED) is 0.262. The number of hydrogen-bond donors (Lipinski definition) is 1. The minimum Gasteiger partial charge on any atom is -0.493 e. The van der Waals surface area contributed by atoms with Crippen molar-refractivity contribution >= 4 is 18.0 Å². The predicted molar refractivity (Wildman–Crippen MR) is 135 cm³/mol. The van der Waals surface area contributed by atoms with E-state index >= 15 is 0 Å². The first kappa shape index (κ1) is 26.0. The maximum atomic E-state index is 12.6. The monoisotopic (exact) mass is 478 g/mol. The van der Waals surface area contributed by atoms with Crippen LogP contribution >= 0.6 is 0 Å². The molecule has 0 aliphatic carbocycles. The molecule has 1 aromatic heterocycles.